The number of nitrogens with zero attached hydrogens (tertiary/aromatic N) is 1. The van der Waals surface area contributed by atoms with Crippen LogP contribution in [0.1, 0.15) is 348 Å². The first-order chi connectivity index (χ1) is 49.6. The van der Waals surface area contributed by atoms with Crippen molar-refractivity contribution in [3.05, 3.63) is 158 Å². The summed E-state index contributed by atoms with van der Waals surface area (Å²) in [6.45, 7) is 4.55. The molecule has 2 atom stereocenters. The Morgan fingerprint density at radius 1 is 0.297 bits per heavy atom. The minimum atomic E-state index is -1.63. The number of aliphatic carboxylic acids is 1. The Balaban J connectivity index is 4.03. The van der Waals surface area contributed by atoms with E-state index < -0.39 is 24.3 Å². The van der Waals surface area contributed by atoms with Crippen molar-refractivity contribution in [2.45, 2.75) is 360 Å². The van der Waals surface area contributed by atoms with Crippen LogP contribution in [0.15, 0.2) is 158 Å². The topological polar surface area (TPSA) is 111 Å². The highest BCUT2D eigenvalue weighted by Gasteiger charge is 2.22. The third kappa shape index (κ3) is 82.1. The molecule has 0 aliphatic heterocycles. The van der Waals surface area contributed by atoms with Crippen molar-refractivity contribution in [2.24, 2.45) is 0 Å². The predicted molar refractivity (Wildman–Crippen MR) is 435 cm³/mol. The van der Waals surface area contributed by atoms with Crippen LogP contribution in [0.3, 0.4) is 0 Å². The number of ether oxygens (including phenoxy) is 4. The quantitative estimate of drug-likeness (QED) is 0.0195. The van der Waals surface area contributed by atoms with E-state index in [1.165, 1.54) is 193 Å². The average molecular weight is 1400 g/mol. The summed E-state index contributed by atoms with van der Waals surface area (Å²) in [5.41, 5.74) is 0. The first-order valence-electron chi connectivity index (χ1n) is 41.6. The summed E-state index contributed by atoms with van der Waals surface area (Å²) in [6.07, 6.45) is 117. The Morgan fingerprint density at radius 3 is 0.792 bits per heavy atom. The van der Waals surface area contributed by atoms with Gasteiger partial charge in [0.05, 0.1) is 40.3 Å². The Kier molecular flexibility index (Phi) is 76.5. The number of rotatable bonds is 76. The van der Waals surface area contributed by atoms with Gasteiger partial charge < -0.3 is 33.3 Å². The van der Waals surface area contributed by atoms with Crippen LogP contribution in [0.2, 0.25) is 0 Å². The maximum absolute atomic E-state index is 13.0. The van der Waals surface area contributed by atoms with Gasteiger partial charge in [0.1, 0.15) is 13.2 Å². The summed E-state index contributed by atoms with van der Waals surface area (Å²) < 4.78 is 22.9. The maximum Gasteiger partial charge on any atom is 0.306 e. The molecule has 9 nitrogen and oxygen atoms in total. The third-order valence-corrected chi connectivity index (χ3v) is 17.8. The summed E-state index contributed by atoms with van der Waals surface area (Å²) >= 11 is 0. The summed E-state index contributed by atoms with van der Waals surface area (Å²) in [4.78, 5) is 37.7. The summed E-state index contributed by atoms with van der Waals surface area (Å²) in [7, 11) is 5.94. The van der Waals surface area contributed by atoms with E-state index in [4.69, 9.17) is 18.9 Å². The molecule has 0 aliphatic carbocycles. The lowest BCUT2D eigenvalue weighted by Gasteiger charge is -2.26. The van der Waals surface area contributed by atoms with Gasteiger partial charge in [-0.05, 0) is 122 Å². The van der Waals surface area contributed by atoms with Crippen molar-refractivity contribution in [2.75, 3.05) is 47.5 Å². The molecule has 0 aromatic rings. The van der Waals surface area contributed by atoms with Crippen molar-refractivity contribution >= 4 is 17.9 Å². The zero-order valence-electron chi connectivity index (χ0n) is 66.0. The van der Waals surface area contributed by atoms with E-state index in [0.717, 1.165) is 122 Å². The number of esters is 2. The number of carboxylic acids is 1. The van der Waals surface area contributed by atoms with E-state index in [1.54, 1.807) is 0 Å². The number of unbranched alkanes of at least 4 members (excludes halogenated alkanes) is 35. The van der Waals surface area contributed by atoms with Crippen LogP contribution in [0.5, 0.6) is 0 Å². The van der Waals surface area contributed by atoms with E-state index in [2.05, 4.69) is 172 Å². The molecule has 0 aromatic heterocycles. The molecular weight excluding hydrogens is 1250 g/mol. The van der Waals surface area contributed by atoms with Gasteiger partial charge in [-0.3, -0.25) is 9.59 Å². The molecule has 0 radical (unpaired) electrons. The van der Waals surface area contributed by atoms with Gasteiger partial charge in [0, 0.05) is 12.8 Å². The maximum atomic E-state index is 13.0. The molecule has 0 saturated carbocycles. The summed E-state index contributed by atoms with van der Waals surface area (Å²) in [6, 6.07) is 0. The molecule has 0 spiro atoms. The fraction of sp³-hybridized carbons (Fsp3) is 0.685. The van der Waals surface area contributed by atoms with E-state index in [1.807, 2.05) is 21.1 Å². The number of hydrogen-bond donors (Lipinski definition) is 0. The minimum Gasteiger partial charge on any atom is -0.545 e. The average Bonchev–Trinajstić information content (AvgIpc) is 1.21. The second-order valence-corrected chi connectivity index (χ2v) is 28.7. The van der Waals surface area contributed by atoms with Crippen LogP contribution in [-0.4, -0.2) is 82.3 Å². The largest absolute Gasteiger partial charge is 0.545 e. The number of hydrogen-bond acceptors (Lipinski definition) is 8. The highest BCUT2D eigenvalue weighted by molar-refractivity contribution is 5.70. The van der Waals surface area contributed by atoms with E-state index in [9.17, 15) is 19.5 Å². The van der Waals surface area contributed by atoms with Crippen LogP contribution in [-0.2, 0) is 33.3 Å². The standard InChI is InChI=1S/C92H155NO8/c1-6-8-10-12-14-16-18-20-22-24-26-28-30-32-34-36-38-40-42-43-44-45-46-47-49-51-53-55-57-59-61-63-65-67-69-71-73-75-77-79-81-83-90(95)101-88(87-100-92(91(96)97)98-85-84-93(3,4)5)86-99-89(94)82-80-78-76-74-72-70-68-66-64-62-60-58-56-54-52-50-48-41-39-37-35-33-31-29-27-25-23-21-19-17-15-13-11-9-7-2/h8-11,14-17,20-23,26-29,32,34,38,40,43-44,46-47,51,53,88,92H,6-7,12-13,18-19,24-25,30-31,33,35-37,39,41-42,45,48-50,52,54-87H2,1-5H3/b10-8-,11-9-,16-14-,17-15-,22-20-,23-21-,28-26-,29-27-,34-32-,40-38-,44-43-,47-46-,53-51-. The van der Waals surface area contributed by atoms with Crippen molar-refractivity contribution in [1.29, 1.82) is 0 Å². The summed E-state index contributed by atoms with van der Waals surface area (Å²) in [5.74, 6) is -2.28. The normalized spacial score (nSPS) is 13.5. The molecule has 576 valence electrons. The van der Waals surface area contributed by atoms with Gasteiger partial charge in [0.15, 0.2) is 12.4 Å². The van der Waals surface area contributed by atoms with E-state index in [0.29, 0.717) is 17.4 Å². The van der Waals surface area contributed by atoms with Crippen molar-refractivity contribution < 1.29 is 42.9 Å². The molecule has 2 unspecified atom stereocenters. The monoisotopic (exact) mass is 1400 g/mol. The van der Waals surface area contributed by atoms with E-state index in [-0.39, 0.29) is 38.6 Å². The molecule has 0 saturated heterocycles. The Hall–Kier alpha value is -5.09. The number of likely N-dealkylation sites (N-methyl/N-ethyl adjacent to an activating group) is 1. The van der Waals surface area contributed by atoms with Gasteiger partial charge in [-0.15, -0.1) is 0 Å². The Bertz CT molecular complexity index is 2230. The molecule has 0 bridgehead atoms. The number of carbonyl (C=O) groups is 3. The smallest absolute Gasteiger partial charge is 0.306 e. The molecule has 0 aliphatic rings. The lowest BCUT2D eigenvalue weighted by molar-refractivity contribution is -0.870. The second kappa shape index (κ2) is 80.6. The fourth-order valence-electron chi connectivity index (χ4n) is 11.5. The molecule has 0 aromatic carbocycles. The molecule has 9 heteroatoms. The van der Waals surface area contributed by atoms with E-state index >= 15 is 0 Å². The van der Waals surface area contributed by atoms with Gasteiger partial charge in [-0.25, -0.2) is 0 Å². The first-order valence-corrected chi connectivity index (χ1v) is 41.6. The SMILES string of the molecule is CC/C=C\C/C=C\C/C=C\C/C=C\C/C=C\C/C=C\C/C=C\C/C=C\C/C=C\CCCCCCCCCCCCCCCC(=O)OC(COC(=O)CCCCCCCCCCCCCCCCCCCCCCCC/C=C\C/C=C\C/C=C\C/C=C\CC)COC(OCC[N+](C)(C)C)C(=O)[O-]. The van der Waals surface area contributed by atoms with Gasteiger partial charge in [-0.1, -0.05) is 371 Å². The van der Waals surface area contributed by atoms with Crippen LogP contribution in [0, 0.1) is 0 Å². The first kappa shape index (κ1) is 95.9. The zero-order chi connectivity index (χ0) is 73.2. The Morgan fingerprint density at radius 2 is 0.535 bits per heavy atom. The zero-order valence-corrected chi connectivity index (χ0v) is 66.0. The van der Waals surface area contributed by atoms with Crippen LogP contribution in [0.25, 0.3) is 0 Å². The van der Waals surface area contributed by atoms with Gasteiger partial charge in [0.25, 0.3) is 0 Å². The summed E-state index contributed by atoms with van der Waals surface area (Å²) in [5, 5.41) is 11.9. The molecular formula is C92H155NO8. The lowest BCUT2D eigenvalue weighted by Crippen LogP contribution is -2.44. The molecule has 0 N–H and O–H groups in total. The van der Waals surface area contributed by atoms with Crippen LogP contribution >= 0.6 is 0 Å². The number of quaternary nitrogens is 1. The van der Waals surface area contributed by atoms with Gasteiger partial charge >= 0.3 is 11.9 Å². The van der Waals surface area contributed by atoms with Crippen molar-refractivity contribution in [3.8, 4) is 0 Å². The molecule has 101 heavy (non-hydrogen) atoms. The Labute approximate surface area is 623 Å². The fourth-order valence-corrected chi connectivity index (χ4v) is 11.5. The molecule has 0 heterocycles. The molecule has 0 rings (SSSR count). The van der Waals surface area contributed by atoms with Crippen LogP contribution < -0.4 is 5.11 Å². The lowest BCUT2D eigenvalue weighted by atomic mass is 10.0. The number of allylic oxidation sites excluding steroid dienone is 26. The highest BCUT2D eigenvalue weighted by atomic mass is 16.7. The van der Waals surface area contributed by atoms with Gasteiger partial charge in [0.2, 0.25) is 0 Å². The second-order valence-electron chi connectivity index (χ2n) is 28.7. The minimum absolute atomic E-state index is 0.143. The van der Waals surface area contributed by atoms with Crippen molar-refractivity contribution in [3.63, 3.8) is 0 Å². The third-order valence-electron chi connectivity index (χ3n) is 17.8. The molecule has 0 fully saturated rings. The molecule has 0 amide bonds. The highest BCUT2D eigenvalue weighted by Crippen LogP contribution is 2.19. The van der Waals surface area contributed by atoms with Crippen LogP contribution in [0.4, 0.5) is 0 Å². The van der Waals surface area contributed by atoms with Gasteiger partial charge in [-0.2, -0.15) is 0 Å². The predicted octanol–water partition coefficient (Wildman–Crippen LogP) is 25.8. The van der Waals surface area contributed by atoms with Crippen molar-refractivity contribution in [1.82, 2.24) is 0 Å². The number of carboxylic acid groups (broad SMARTS) is 1. The number of carbonyl (C=O) groups excluding carboxylic acids is 3.